The summed E-state index contributed by atoms with van der Waals surface area (Å²) in [5.74, 6) is -0.839. The molecule has 31 heavy (non-hydrogen) atoms. The van der Waals surface area contributed by atoms with Crippen molar-refractivity contribution in [1.82, 2.24) is 10.3 Å². The quantitative estimate of drug-likeness (QED) is 0.484. The lowest BCUT2D eigenvalue weighted by Gasteiger charge is -2.19. The Bertz CT molecular complexity index is 1300. The molecule has 4 aromatic rings. The topological polar surface area (TPSA) is 91.8 Å². The van der Waals surface area contributed by atoms with Crippen LogP contribution in [0.2, 0.25) is 0 Å². The minimum atomic E-state index is -0.498. The number of carbonyl (C=O) groups excluding carboxylic acids is 1. The van der Waals surface area contributed by atoms with E-state index in [0.29, 0.717) is 22.2 Å². The Morgan fingerprint density at radius 3 is 2.55 bits per heavy atom. The van der Waals surface area contributed by atoms with Crippen molar-refractivity contribution < 1.29 is 9.18 Å². The SMILES string of the molecule is N#CCC(NC(=O)c1c(N)c(-c2cccc(F)c2)nc2ccccc12)c1ccccc1. The predicted molar refractivity (Wildman–Crippen MR) is 118 cm³/mol. The van der Waals surface area contributed by atoms with Gasteiger partial charge in [0.2, 0.25) is 0 Å². The van der Waals surface area contributed by atoms with Crippen LogP contribution in [-0.2, 0) is 0 Å². The highest BCUT2D eigenvalue weighted by atomic mass is 19.1. The molecule has 3 N–H and O–H groups in total. The number of hydrogen-bond acceptors (Lipinski definition) is 4. The molecule has 0 spiro atoms. The van der Waals surface area contributed by atoms with Crippen molar-refractivity contribution >= 4 is 22.5 Å². The molecule has 6 heteroatoms. The maximum Gasteiger partial charge on any atom is 0.254 e. The van der Waals surface area contributed by atoms with Gasteiger partial charge in [-0.15, -0.1) is 0 Å². The summed E-state index contributed by atoms with van der Waals surface area (Å²) >= 11 is 0. The summed E-state index contributed by atoms with van der Waals surface area (Å²) in [6.07, 6.45) is 0.107. The summed E-state index contributed by atoms with van der Waals surface area (Å²) in [6, 6.07) is 24.0. The van der Waals surface area contributed by atoms with Crippen molar-refractivity contribution in [2.45, 2.75) is 12.5 Å². The second kappa shape index (κ2) is 8.64. The van der Waals surface area contributed by atoms with Gasteiger partial charge in [-0.3, -0.25) is 4.79 Å². The molecule has 0 saturated carbocycles. The number of nitrogens with one attached hydrogen (secondary N) is 1. The molecule has 0 radical (unpaired) electrons. The minimum Gasteiger partial charge on any atom is -0.396 e. The van der Waals surface area contributed by atoms with Crippen LogP contribution < -0.4 is 11.1 Å². The molecule has 152 valence electrons. The lowest BCUT2D eigenvalue weighted by molar-refractivity contribution is 0.0940. The van der Waals surface area contributed by atoms with Gasteiger partial charge in [0, 0.05) is 10.9 Å². The zero-order chi connectivity index (χ0) is 21.8. The average molecular weight is 410 g/mol. The Morgan fingerprint density at radius 2 is 1.81 bits per heavy atom. The first-order valence-corrected chi connectivity index (χ1v) is 9.75. The third kappa shape index (κ3) is 4.07. The van der Waals surface area contributed by atoms with Crippen molar-refractivity contribution in [3.8, 4) is 17.3 Å². The molecule has 3 aromatic carbocycles. The lowest BCUT2D eigenvalue weighted by atomic mass is 9.99. The number of benzene rings is 3. The highest BCUT2D eigenvalue weighted by molar-refractivity contribution is 6.12. The van der Waals surface area contributed by atoms with Gasteiger partial charge in [0.15, 0.2) is 0 Å². The van der Waals surface area contributed by atoms with Crippen LogP contribution in [0.15, 0.2) is 78.9 Å². The van der Waals surface area contributed by atoms with Crippen LogP contribution in [-0.4, -0.2) is 10.9 Å². The molecule has 1 aromatic heterocycles. The van der Waals surface area contributed by atoms with Gasteiger partial charge in [-0.25, -0.2) is 9.37 Å². The molecule has 0 bridgehead atoms. The number of pyridine rings is 1. The molecule has 0 aliphatic heterocycles. The highest BCUT2D eigenvalue weighted by Crippen LogP contribution is 2.33. The molecule has 5 nitrogen and oxygen atoms in total. The van der Waals surface area contributed by atoms with Crippen molar-refractivity contribution in [1.29, 1.82) is 5.26 Å². The van der Waals surface area contributed by atoms with Crippen molar-refractivity contribution in [3.63, 3.8) is 0 Å². The van der Waals surface area contributed by atoms with Crippen LogP contribution >= 0.6 is 0 Å². The summed E-state index contributed by atoms with van der Waals surface area (Å²) in [6.45, 7) is 0. The van der Waals surface area contributed by atoms with Crippen LogP contribution in [0.25, 0.3) is 22.2 Å². The van der Waals surface area contributed by atoms with Crippen LogP contribution in [0, 0.1) is 17.1 Å². The average Bonchev–Trinajstić information content (AvgIpc) is 2.79. The molecule has 0 aliphatic rings. The number of fused-ring (bicyclic) bond motifs is 1. The molecule has 1 amide bonds. The molecule has 0 saturated heterocycles. The summed E-state index contributed by atoms with van der Waals surface area (Å²) < 4.78 is 13.8. The van der Waals surface area contributed by atoms with E-state index in [-0.39, 0.29) is 17.7 Å². The Morgan fingerprint density at radius 1 is 1.06 bits per heavy atom. The van der Waals surface area contributed by atoms with E-state index in [1.807, 2.05) is 36.4 Å². The van der Waals surface area contributed by atoms with E-state index in [2.05, 4.69) is 16.4 Å². The Labute approximate surface area is 179 Å². The van der Waals surface area contributed by atoms with Gasteiger partial charge in [0.1, 0.15) is 5.82 Å². The van der Waals surface area contributed by atoms with E-state index in [9.17, 15) is 14.4 Å². The van der Waals surface area contributed by atoms with Crippen LogP contribution in [0.3, 0.4) is 0 Å². The number of anilines is 1. The number of hydrogen-bond donors (Lipinski definition) is 2. The van der Waals surface area contributed by atoms with Crippen LogP contribution in [0.1, 0.15) is 28.4 Å². The first kappa shape index (κ1) is 20.0. The third-order valence-corrected chi connectivity index (χ3v) is 5.06. The number of nitriles is 1. The molecule has 1 unspecified atom stereocenters. The van der Waals surface area contributed by atoms with Gasteiger partial charge in [0.05, 0.1) is 41.0 Å². The largest absolute Gasteiger partial charge is 0.396 e. The maximum atomic E-state index is 13.8. The number of para-hydroxylation sites is 1. The number of nitrogen functional groups attached to an aromatic ring is 1. The van der Waals surface area contributed by atoms with Crippen LogP contribution in [0.5, 0.6) is 0 Å². The maximum absolute atomic E-state index is 13.8. The van der Waals surface area contributed by atoms with Crippen molar-refractivity contribution in [2.75, 3.05) is 5.73 Å². The van der Waals surface area contributed by atoms with E-state index in [1.165, 1.54) is 12.1 Å². The Hall–Kier alpha value is -4.24. The van der Waals surface area contributed by atoms with Gasteiger partial charge in [-0.05, 0) is 23.8 Å². The number of halogens is 1. The van der Waals surface area contributed by atoms with Crippen molar-refractivity contribution in [3.05, 3.63) is 95.8 Å². The van der Waals surface area contributed by atoms with E-state index in [1.54, 1.807) is 30.3 Å². The van der Waals surface area contributed by atoms with Gasteiger partial charge in [-0.1, -0.05) is 60.7 Å². The number of nitrogens with zero attached hydrogens (tertiary/aromatic N) is 2. The highest BCUT2D eigenvalue weighted by Gasteiger charge is 2.23. The monoisotopic (exact) mass is 410 g/mol. The molecule has 0 fully saturated rings. The Kier molecular flexibility index (Phi) is 5.59. The van der Waals surface area contributed by atoms with E-state index in [0.717, 1.165) is 5.56 Å². The fraction of sp³-hybridized carbons (Fsp3) is 0.0800. The van der Waals surface area contributed by atoms with E-state index >= 15 is 0 Å². The number of aromatic nitrogens is 1. The number of amides is 1. The number of carbonyl (C=O) groups is 1. The zero-order valence-corrected chi connectivity index (χ0v) is 16.5. The predicted octanol–water partition coefficient (Wildman–Crippen LogP) is 5.01. The second-order valence-corrected chi connectivity index (χ2v) is 7.08. The van der Waals surface area contributed by atoms with Gasteiger partial charge < -0.3 is 11.1 Å². The Balaban J connectivity index is 1.83. The smallest absolute Gasteiger partial charge is 0.254 e. The first-order chi connectivity index (χ1) is 15.1. The molecule has 4 rings (SSSR count). The first-order valence-electron chi connectivity index (χ1n) is 9.75. The number of rotatable bonds is 5. The number of nitrogens with two attached hydrogens (primary N) is 1. The zero-order valence-electron chi connectivity index (χ0n) is 16.5. The molecular formula is C25H19FN4O. The fourth-order valence-electron chi connectivity index (χ4n) is 3.59. The van der Waals surface area contributed by atoms with Crippen molar-refractivity contribution in [2.24, 2.45) is 0 Å². The van der Waals surface area contributed by atoms with Gasteiger partial charge in [0.25, 0.3) is 5.91 Å². The molecule has 1 heterocycles. The van der Waals surface area contributed by atoms with Gasteiger partial charge >= 0.3 is 0 Å². The summed E-state index contributed by atoms with van der Waals surface area (Å²) in [5.41, 5.74) is 9.02. The summed E-state index contributed by atoms with van der Waals surface area (Å²) in [5, 5.41) is 12.8. The molecular weight excluding hydrogens is 391 g/mol. The van der Waals surface area contributed by atoms with E-state index < -0.39 is 17.8 Å². The summed E-state index contributed by atoms with van der Waals surface area (Å²) in [4.78, 5) is 18.0. The molecule has 1 atom stereocenters. The molecule has 0 aliphatic carbocycles. The van der Waals surface area contributed by atoms with Crippen LogP contribution in [0.4, 0.5) is 10.1 Å². The van der Waals surface area contributed by atoms with E-state index in [4.69, 9.17) is 5.73 Å². The van der Waals surface area contributed by atoms with Gasteiger partial charge in [-0.2, -0.15) is 5.26 Å². The fourth-order valence-corrected chi connectivity index (χ4v) is 3.59. The standard InChI is InChI=1S/C25H19FN4O/c26-18-10-6-9-17(15-18)24-23(28)22(19-11-4-5-12-21(19)29-24)25(31)30-20(13-14-27)16-7-2-1-3-8-16/h1-12,15,20H,13,28H2,(H,30,31). The second-order valence-electron chi connectivity index (χ2n) is 7.08. The summed E-state index contributed by atoms with van der Waals surface area (Å²) in [7, 11) is 0. The normalized spacial score (nSPS) is 11.6. The minimum absolute atomic E-state index is 0.107. The third-order valence-electron chi connectivity index (χ3n) is 5.06. The lowest BCUT2D eigenvalue weighted by Crippen LogP contribution is -2.29.